The molecule has 10 nitrogen and oxygen atoms in total. The number of hydrogen-bond donors (Lipinski definition) is 1. The summed E-state index contributed by atoms with van der Waals surface area (Å²) in [4.78, 5) is 66.8. The van der Waals surface area contributed by atoms with Gasteiger partial charge in [0.2, 0.25) is 11.3 Å². The number of piperazine rings is 1. The van der Waals surface area contributed by atoms with E-state index in [2.05, 4.69) is 0 Å². The zero-order chi connectivity index (χ0) is 28.0. The third-order valence-electron chi connectivity index (χ3n) is 7.45. The van der Waals surface area contributed by atoms with E-state index in [9.17, 15) is 29.1 Å². The monoisotopic (exact) mass is 534 g/mol. The molecule has 1 atom stereocenters. The van der Waals surface area contributed by atoms with Gasteiger partial charge in [0.05, 0.1) is 29.4 Å². The second kappa shape index (κ2) is 10.1. The molecule has 3 aromatic rings. The Kier molecular flexibility index (Phi) is 6.77. The maximum atomic E-state index is 15.2. The van der Waals surface area contributed by atoms with E-state index in [1.54, 1.807) is 35.8 Å². The van der Waals surface area contributed by atoms with Crippen LogP contribution in [0.4, 0.5) is 15.8 Å². The number of amides is 2. The van der Waals surface area contributed by atoms with Crippen molar-refractivity contribution in [2.45, 2.75) is 32.9 Å². The van der Waals surface area contributed by atoms with Gasteiger partial charge in [-0.15, -0.1) is 0 Å². The van der Waals surface area contributed by atoms with E-state index in [-0.39, 0.29) is 35.1 Å². The summed E-state index contributed by atoms with van der Waals surface area (Å²) in [5.74, 6) is -2.86. The van der Waals surface area contributed by atoms with Gasteiger partial charge in [0.15, 0.2) is 5.78 Å². The smallest absolute Gasteiger partial charge is 0.341 e. The van der Waals surface area contributed by atoms with Gasteiger partial charge in [-0.05, 0) is 38.1 Å². The average Bonchev–Trinajstić information content (AvgIpc) is 3.22. The quantitative estimate of drug-likeness (QED) is 0.379. The van der Waals surface area contributed by atoms with Gasteiger partial charge in [-0.2, -0.15) is 0 Å². The number of aromatic carboxylic acids is 1. The van der Waals surface area contributed by atoms with Crippen LogP contribution in [0.25, 0.3) is 10.9 Å². The van der Waals surface area contributed by atoms with Gasteiger partial charge in [-0.1, -0.05) is 12.1 Å². The molecule has 0 spiro atoms. The zero-order valence-corrected chi connectivity index (χ0v) is 21.5. The van der Waals surface area contributed by atoms with Crippen molar-refractivity contribution in [1.29, 1.82) is 0 Å². The Labute approximate surface area is 222 Å². The Morgan fingerprint density at radius 2 is 1.77 bits per heavy atom. The van der Waals surface area contributed by atoms with Crippen molar-refractivity contribution in [3.63, 3.8) is 0 Å². The number of Topliss-reactive ketones (excluding diaryl/α,β-unsaturated/α-hetero) is 1. The van der Waals surface area contributed by atoms with Crippen LogP contribution in [0.1, 0.15) is 41.0 Å². The minimum atomic E-state index is -1.37. The fourth-order valence-electron chi connectivity index (χ4n) is 5.37. The van der Waals surface area contributed by atoms with Crippen LogP contribution < -0.4 is 15.2 Å². The highest BCUT2D eigenvalue weighted by molar-refractivity contribution is 6.22. The molecule has 0 aliphatic carbocycles. The predicted molar refractivity (Wildman–Crippen MR) is 142 cm³/mol. The third-order valence-corrected chi connectivity index (χ3v) is 7.45. The van der Waals surface area contributed by atoms with Crippen molar-refractivity contribution >= 4 is 45.8 Å². The number of carboxylic acids is 1. The summed E-state index contributed by atoms with van der Waals surface area (Å²) >= 11 is 0. The SMILES string of the molecule is CCn1cc(C(=O)O)c(=O)c2cc(F)c(N3CCN([C@@H]4CC(=O)N(c5cccc(C(C)=O)c5)C4=O)CC3)cc21. The van der Waals surface area contributed by atoms with Crippen LogP contribution in [-0.2, 0) is 16.1 Å². The molecule has 5 rings (SSSR count). The normalized spacial score (nSPS) is 18.3. The largest absolute Gasteiger partial charge is 0.477 e. The standard InChI is InChI=1S/C28H27FN4O6/c1-3-30-15-20(28(38)39)26(36)19-12-21(29)23(13-22(19)30)31-7-9-32(10-8-31)24-14-25(35)33(27(24)37)18-6-4-5-17(11-18)16(2)34/h4-6,11-13,15,24H,3,7-10,14H2,1-2H3,(H,38,39)/t24-/m1/s1. The van der Waals surface area contributed by atoms with Crippen LogP contribution in [0.15, 0.2) is 47.4 Å². The average molecular weight is 535 g/mol. The first-order chi connectivity index (χ1) is 18.6. The molecule has 0 bridgehead atoms. The summed E-state index contributed by atoms with van der Waals surface area (Å²) in [6, 6.07) is 8.43. The maximum Gasteiger partial charge on any atom is 0.341 e. The number of nitrogens with zero attached hydrogens (tertiary/aromatic N) is 4. The minimum Gasteiger partial charge on any atom is -0.477 e. The van der Waals surface area contributed by atoms with Crippen LogP contribution in [0.5, 0.6) is 0 Å². The van der Waals surface area contributed by atoms with Crippen LogP contribution >= 0.6 is 0 Å². The van der Waals surface area contributed by atoms with Crippen molar-refractivity contribution in [1.82, 2.24) is 9.47 Å². The third kappa shape index (κ3) is 4.59. The van der Waals surface area contributed by atoms with Crippen molar-refractivity contribution < 1.29 is 28.7 Å². The van der Waals surface area contributed by atoms with E-state index >= 15 is 4.39 Å². The van der Waals surface area contributed by atoms with Gasteiger partial charge >= 0.3 is 5.97 Å². The summed E-state index contributed by atoms with van der Waals surface area (Å²) in [7, 11) is 0. The van der Waals surface area contributed by atoms with E-state index in [4.69, 9.17) is 0 Å². The number of halogens is 1. The highest BCUT2D eigenvalue weighted by Gasteiger charge is 2.43. The highest BCUT2D eigenvalue weighted by Crippen LogP contribution is 2.30. The summed E-state index contributed by atoms with van der Waals surface area (Å²) in [6.45, 7) is 5.17. The fraction of sp³-hybridized carbons (Fsp3) is 0.321. The van der Waals surface area contributed by atoms with E-state index in [1.807, 2.05) is 9.80 Å². The molecule has 2 fully saturated rings. The Morgan fingerprint density at radius 1 is 1.05 bits per heavy atom. The second-order valence-electron chi connectivity index (χ2n) is 9.70. The van der Waals surface area contributed by atoms with Gasteiger partial charge < -0.3 is 14.6 Å². The predicted octanol–water partition coefficient (Wildman–Crippen LogP) is 2.52. The van der Waals surface area contributed by atoms with Crippen LogP contribution in [-0.4, -0.2) is 70.4 Å². The zero-order valence-electron chi connectivity index (χ0n) is 21.5. The summed E-state index contributed by atoms with van der Waals surface area (Å²) in [5, 5.41) is 9.36. The van der Waals surface area contributed by atoms with E-state index in [0.717, 1.165) is 11.0 Å². The number of benzene rings is 2. The molecule has 0 unspecified atom stereocenters. The summed E-state index contributed by atoms with van der Waals surface area (Å²) < 4.78 is 16.8. The lowest BCUT2D eigenvalue weighted by molar-refractivity contribution is -0.123. The molecule has 2 saturated heterocycles. The van der Waals surface area contributed by atoms with Crippen molar-refractivity contribution in [2.24, 2.45) is 0 Å². The number of aromatic nitrogens is 1. The molecule has 2 aliphatic heterocycles. The Hall–Kier alpha value is -4.38. The molecule has 11 heteroatoms. The van der Waals surface area contributed by atoms with Crippen molar-refractivity contribution in [3.8, 4) is 0 Å². The lowest BCUT2D eigenvalue weighted by atomic mass is 10.1. The first-order valence-electron chi connectivity index (χ1n) is 12.7. The van der Waals surface area contributed by atoms with Crippen molar-refractivity contribution in [2.75, 3.05) is 36.0 Å². The maximum absolute atomic E-state index is 15.2. The van der Waals surface area contributed by atoms with Gasteiger partial charge in [-0.3, -0.25) is 24.1 Å². The second-order valence-corrected chi connectivity index (χ2v) is 9.70. The van der Waals surface area contributed by atoms with Crippen LogP contribution in [0.2, 0.25) is 0 Å². The number of rotatable bonds is 6. The first kappa shape index (κ1) is 26.2. The minimum absolute atomic E-state index is 0.000588. The van der Waals surface area contributed by atoms with Gasteiger partial charge in [0.1, 0.15) is 11.4 Å². The van der Waals surface area contributed by atoms with Gasteiger partial charge in [0, 0.05) is 49.9 Å². The number of ketones is 1. The molecule has 2 aromatic carbocycles. The first-order valence-corrected chi connectivity index (χ1v) is 12.7. The topological polar surface area (TPSA) is 120 Å². The van der Waals surface area contributed by atoms with Gasteiger partial charge in [0.25, 0.3) is 5.91 Å². The molecule has 1 N–H and O–H groups in total. The Bertz CT molecular complexity index is 1590. The number of hydrogen-bond acceptors (Lipinski definition) is 7. The van der Waals surface area contributed by atoms with E-state index < -0.39 is 28.8 Å². The summed E-state index contributed by atoms with van der Waals surface area (Å²) in [5.41, 5.74) is 0.346. The molecule has 202 valence electrons. The summed E-state index contributed by atoms with van der Waals surface area (Å²) in [6.07, 6.45) is 1.29. The number of carbonyl (C=O) groups excluding carboxylic acids is 3. The highest BCUT2D eigenvalue weighted by atomic mass is 19.1. The number of fused-ring (bicyclic) bond motifs is 1. The van der Waals surface area contributed by atoms with Crippen LogP contribution in [0.3, 0.4) is 0 Å². The van der Waals surface area contributed by atoms with Gasteiger partial charge in [-0.25, -0.2) is 14.1 Å². The lowest BCUT2D eigenvalue weighted by Gasteiger charge is -2.38. The molecular formula is C28H27FN4O6. The molecule has 2 amide bonds. The Balaban J connectivity index is 1.35. The number of pyridine rings is 1. The molecule has 3 heterocycles. The molecular weight excluding hydrogens is 507 g/mol. The molecule has 0 radical (unpaired) electrons. The molecule has 39 heavy (non-hydrogen) atoms. The lowest BCUT2D eigenvalue weighted by Crippen LogP contribution is -2.52. The van der Waals surface area contributed by atoms with E-state index in [1.165, 1.54) is 19.2 Å². The number of carbonyl (C=O) groups is 4. The van der Waals surface area contributed by atoms with E-state index in [0.29, 0.717) is 49.5 Å². The number of carboxylic acid groups (broad SMARTS) is 1. The van der Waals surface area contributed by atoms with Crippen LogP contribution in [0, 0.1) is 5.82 Å². The van der Waals surface area contributed by atoms with Crippen molar-refractivity contribution in [3.05, 3.63) is 69.8 Å². The fourth-order valence-corrected chi connectivity index (χ4v) is 5.37. The number of anilines is 2. The number of aryl methyl sites for hydroxylation is 1. The Morgan fingerprint density at radius 3 is 2.41 bits per heavy atom. The number of imide groups is 1. The molecule has 2 aliphatic rings. The molecule has 1 aromatic heterocycles. The molecule has 0 saturated carbocycles.